The van der Waals surface area contributed by atoms with Gasteiger partial charge in [0.25, 0.3) is 0 Å². The molecule has 2 aromatic rings. The van der Waals surface area contributed by atoms with Gasteiger partial charge in [0.2, 0.25) is 5.75 Å². The zero-order chi connectivity index (χ0) is 17.5. The SMILES string of the molecule is COC(=O)c1ccccc1-c1ccc([N+](=O)[O-])c2c1CC(C)(C)O2. The first-order valence-corrected chi connectivity index (χ1v) is 7.51. The summed E-state index contributed by atoms with van der Waals surface area (Å²) in [5.41, 5.74) is 1.99. The maximum Gasteiger partial charge on any atom is 0.338 e. The number of hydrogen-bond donors (Lipinski definition) is 0. The highest BCUT2D eigenvalue weighted by Gasteiger charge is 2.38. The number of nitro groups is 1. The fourth-order valence-corrected chi connectivity index (χ4v) is 3.04. The summed E-state index contributed by atoms with van der Waals surface area (Å²) in [7, 11) is 1.32. The Balaban J connectivity index is 2.24. The van der Waals surface area contributed by atoms with Crippen LogP contribution in [0.2, 0.25) is 0 Å². The Morgan fingerprint density at radius 1 is 1.21 bits per heavy atom. The lowest BCUT2D eigenvalue weighted by molar-refractivity contribution is -0.386. The molecule has 6 nitrogen and oxygen atoms in total. The first kappa shape index (κ1) is 16.0. The lowest BCUT2D eigenvalue weighted by Gasteiger charge is -2.16. The second-order valence-corrected chi connectivity index (χ2v) is 6.27. The zero-order valence-electron chi connectivity index (χ0n) is 13.7. The van der Waals surface area contributed by atoms with Crippen molar-refractivity contribution in [3.8, 4) is 16.9 Å². The molecule has 24 heavy (non-hydrogen) atoms. The number of hydrogen-bond acceptors (Lipinski definition) is 5. The average Bonchev–Trinajstić information content (AvgIpc) is 2.87. The largest absolute Gasteiger partial charge is 0.480 e. The molecule has 1 aliphatic rings. The van der Waals surface area contributed by atoms with E-state index in [1.165, 1.54) is 13.2 Å². The van der Waals surface area contributed by atoms with Gasteiger partial charge >= 0.3 is 11.7 Å². The Morgan fingerprint density at radius 2 is 1.92 bits per heavy atom. The van der Waals surface area contributed by atoms with Crippen molar-refractivity contribution in [2.24, 2.45) is 0 Å². The van der Waals surface area contributed by atoms with Gasteiger partial charge in [0.1, 0.15) is 5.60 Å². The second-order valence-electron chi connectivity index (χ2n) is 6.27. The average molecular weight is 327 g/mol. The minimum atomic E-state index is -0.538. The molecule has 3 rings (SSSR count). The summed E-state index contributed by atoms with van der Waals surface area (Å²) >= 11 is 0. The van der Waals surface area contributed by atoms with Crippen LogP contribution < -0.4 is 4.74 Å². The minimum absolute atomic E-state index is 0.0603. The summed E-state index contributed by atoms with van der Waals surface area (Å²) < 4.78 is 10.7. The lowest BCUT2D eigenvalue weighted by atomic mass is 9.90. The minimum Gasteiger partial charge on any atom is -0.480 e. The molecule has 0 N–H and O–H groups in total. The molecule has 0 spiro atoms. The van der Waals surface area contributed by atoms with Crippen LogP contribution in [0.25, 0.3) is 11.1 Å². The molecule has 0 aromatic heterocycles. The second kappa shape index (κ2) is 5.63. The molecular weight excluding hydrogens is 310 g/mol. The van der Waals surface area contributed by atoms with Crippen molar-refractivity contribution >= 4 is 11.7 Å². The number of fused-ring (bicyclic) bond motifs is 1. The molecular formula is C18H17NO5. The van der Waals surface area contributed by atoms with Crippen LogP contribution in [0.3, 0.4) is 0 Å². The lowest BCUT2D eigenvalue weighted by Crippen LogP contribution is -2.24. The van der Waals surface area contributed by atoms with E-state index in [0.29, 0.717) is 17.5 Å². The zero-order valence-corrected chi connectivity index (χ0v) is 13.7. The predicted molar refractivity (Wildman–Crippen MR) is 88.3 cm³/mol. The van der Waals surface area contributed by atoms with Gasteiger partial charge in [-0.1, -0.05) is 18.2 Å². The van der Waals surface area contributed by atoms with Crippen LogP contribution in [0.15, 0.2) is 36.4 Å². The number of carbonyl (C=O) groups excluding carboxylic acids is 1. The van der Waals surface area contributed by atoms with E-state index in [1.54, 1.807) is 24.3 Å². The molecule has 0 fully saturated rings. The molecule has 0 amide bonds. The number of rotatable bonds is 3. The fourth-order valence-electron chi connectivity index (χ4n) is 3.04. The first-order chi connectivity index (χ1) is 11.3. The third kappa shape index (κ3) is 2.60. The third-order valence-electron chi connectivity index (χ3n) is 4.04. The van der Waals surface area contributed by atoms with Gasteiger partial charge in [0.15, 0.2) is 0 Å². The molecule has 6 heteroatoms. The van der Waals surface area contributed by atoms with Crippen LogP contribution >= 0.6 is 0 Å². The highest BCUT2D eigenvalue weighted by Crippen LogP contribution is 2.46. The van der Waals surface area contributed by atoms with Gasteiger partial charge in [0, 0.05) is 18.1 Å². The van der Waals surface area contributed by atoms with Crippen LogP contribution in [0, 0.1) is 10.1 Å². The van der Waals surface area contributed by atoms with Gasteiger partial charge in [0.05, 0.1) is 17.6 Å². The molecule has 124 valence electrons. The maximum atomic E-state index is 12.0. The van der Waals surface area contributed by atoms with E-state index in [9.17, 15) is 14.9 Å². The third-order valence-corrected chi connectivity index (χ3v) is 4.04. The summed E-state index contributed by atoms with van der Waals surface area (Å²) in [6, 6.07) is 10.1. The quantitative estimate of drug-likeness (QED) is 0.487. The van der Waals surface area contributed by atoms with Crippen molar-refractivity contribution in [3.63, 3.8) is 0 Å². The molecule has 1 heterocycles. The molecule has 0 aliphatic carbocycles. The molecule has 0 atom stereocenters. The van der Waals surface area contributed by atoms with Gasteiger partial charge in [-0.05, 0) is 37.1 Å². The number of benzene rings is 2. The standard InChI is InChI=1S/C18H17NO5/c1-18(2)10-14-12(8-9-15(19(21)22)16(14)24-18)11-6-4-5-7-13(11)17(20)23-3/h4-9H,10H2,1-3H3. The van der Waals surface area contributed by atoms with Crippen molar-refractivity contribution in [3.05, 3.63) is 57.6 Å². The topological polar surface area (TPSA) is 78.7 Å². The molecule has 1 aliphatic heterocycles. The molecule has 0 saturated heterocycles. The van der Waals surface area contributed by atoms with Crippen molar-refractivity contribution in [2.45, 2.75) is 25.9 Å². The Labute approximate surface area is 139 Å². The number of esters is 1. The van der Waals surface area contributed by atoms with Crippen molar-refractivity contribution < 1.29 is 19.2 Å². The van der Waals surface area contributed by atoms with Crippen LogP contribution in [0.4, 0.5) is 5.69 Å². The summed E-state index contributed by atoms with van der Waals surface area (Å²) in [5.74, 6) is -0.168. The Hall–Kier alpha value is -2.89. The first-order valence-electron chi connectivity index (χ1n) is 7.51. The molecule has 2 aromatic carbocycles. The predicted octanol–water partition coefficient (Wildman–Crippen LogP) is 3.76. The smallest absolute Gasteiger partial charge is 0.338 e. The van der Waals surface area contributed by atoms with Gasteiger partial charge in [-0.3, -0.25) is 10.1 Å². The number of nitrogens with zero attached hydrogens (tertiary/aromatic N) is 1. The van der Waals surface area contributed by atoms with Gasteiger partial charge in [-0.25, -0.2) is 4.79 Å². The Morgan fingerprint density at radius 3 is 2.58 bits per heavy atom. The number of carbonyl (C=O) groups is 1. The highest BCUT2D eigenvalue weighted by atomic mass is 16.6. The molecule has 0 saturated carbocycles. The van der Waals surface area contributed by atoms with Gasteiger partial charge in [-0.2, -0.15) is 0 Å². The van der Waals surface area contributed by atoms with E-state index in [1.807, 2.05) is 19.9 Å². The number of nitro benzene ring substituents is 1. The number of ether oxygens (including phenoxy) is 2. The molecule has 0 unspecified atom stereocenters. The molecule has 0 bridgehead atoms. The van der Waals surface area contributed by atoms with E-state index in [4.69, 9.17) is 9.47 Å². The van der Waals surface area contributed by atoms with Crippen LogP contribution in [0.5, 0.6) is 5.75 Å². The van der Waals surface area contributed by atoms with Crippen LogP contribution in [-0.2, 0) is 11.2 Å². The maximum absolute atomic E-state index is 12.0. The Kier molecular flexibility index (Phi) is 3.75. The van der Waals surface area contributed by atoms with Gasteiger partial charge in [-0.15, -0.1) is 0 Å². The summed E-state index contributed by atoms with van der Waals surface area (Å²) in [5, 5.41) is 11.3. The summed E-state index contributed by atoms with van der Waals surface area (Å²) in [4.78, 5) is 22.9. The van der Waals surface area contributed by atoms with E-state index in [0.717, 1.165) is 11.1 Å². The van der Waals surface area contributed by atoms with Crippen molar-refractivity contribution in [1.29, 1.82) is 0 Å². The highest BCUT2D eigenvalue weighted by molar-refractivity contribution is 5.98. The number of methoxy groups -OCH3 is 1. The normalized spacial score (nSPS) is 14.6. The van der Waals surface area contributed by atoms with E-state index in [2.05, 4.69) is 0 Å². The van der Waals surface area contributed by atoms with Crippen molar-refractivity contribution in [2.75, 3.05) is 7.11 Å². The fraction of sp³-hybridized carbons (Fsp3) is 0.278. The van der Waals surface area contributed by atoms with E-state index >= 15 is 0 Å². The summed E-state index contributed by atoms with van der Waals surface area (Å²) in [6.07, 6.45) is 0.523. The van der Waals surface area contributed by atoms with Crippen molar-refractivity contribution in [1.82, 2.24) is 0 Å². The van der Waals surface area contributed by atoms with Gasteiger partial charge < -0.3 is 9.47 Å². The monoisotopic (exact) mass is 327 g/mol. The Bertz CT molecular complexity index is 841. The van der Waals surface area contributed by atoms with E-state index in [-0.39, 0.29) is 11.4 Å². The van der Waals surface area contributed by atoms with Crippen LogP contribution in [-0.4, -0.2) is 23.6 Å². The van der Waals surface area contributed by atoms with Crippen LogP contribution in [0.1, 0.15) is 29.8 Å². The van der Waals surface area contributed by atoms with E-state index < -0.39 is 16.5 Å². The summed E-state index contributed by atoms with van der Waals surface area (Å²) in [6.45, 7) is 3.76. The molecule has 0 radical (unpaired) electrons.